The lowest BCUT2D eigenvalue weighted by Gasteiger charge is -2.05. The Morgan fingerprint density at radius 3 is 2.56 bits per heavy atom. The van der Waals surface area contributed by atoms with E-state index in [4.69, 9.17) is 0 Å². The number of nitrogens with zero attached hydrogens (tertiary/aromatic N) is 2. The minimum atomic E-state index is 0.861. The van der Waals surface area contributed by atoms with Gasteiger partial charge >= 0.3 is 0 Å². The summed E-state index contributed by atoms with van der Waals surface area (Å²) in [5.41, 5.74) is 2.28. The molecular weight excluding hydrogens is 242 g/mol. The van der Waals surface area contributed by atoms with Crippen molar-refractivity contribution < 1.29 is 0 Å². The highest BCUT2D eigenvalue weighted by atomic mass is 32.2. The molecule has 0 amide bonds. The molecule has 0 spiro atoms. The Hall–Kier alpha value is -1.55. The van der Waals surface area contributed by atoms with Gasteiger partial charge in [0.15, 0.2) is 5.16 Å². The molecule has 18 heavy (non-hydrogen) atoms. The van der Waals surface area contributed by atoms with Crippen molar-refractivity contribution in [3.05, 3.63) is 48.3 Å². The summed E-state index contributed by atoms with van der Waals surface area (Å²) in [7, 11) is 0. The molecule has 1 aromatic heterocycles. The normalized spacial score (nSPS) is 10.3. The van der Waals surface area contributed by atoms with Crippen LogP contribution < -0.4 is 5.32 Å². The predicted octanol–water partition coefficient (Wildman–Crippen LogP) is 3.38. The van der Waals surface area contributed by atoms with Crippen LogP contribution in [-0.4, -0.2) is 22.3 Å². The number of hydrogen-bond donors (Lipinski definition) is 1. The molecule has 0 bridgehead atoms. The van der Waals surface area contributed by atoms with Gasteiger partial charge in [-0.2, -0.15) is 0 Å². The molecule has 0 saturated carbocycles. The van der Waals surface area contributed by atoms with E-state index in [-0.39, 0.29) is 0 Å². The monoisotopic (exact) mass is 259 g/mol. The maximum absolute atomic E-state index is 4.27. The summed E-state index contributed by atoms with van der Waals surface area (Å²) in [5, 5.41) is 4.25. The highest BCUT2D eigenvalue weighted by Gasteiger charge is 1.97. The summed E-state index contributed by atoms with van der Waals surface area (Å²) in [4.78, 5) is 8.53. The Balaban J connectivity index is 1.63. The van der Waals surface area contributed by atoms with Crippen LogP contribution in [0.3, 0.4) is 0 Å². The van der Waals surface area contributed by atoms with Crippen molar-refractivity contribution in [2.45, 2.75) is 18.5 Å². The first-order valence-electron chi connectivity index (χ1n) is 6.05. The standard InChI is InChI=1S/C14H17N3S/c1-12-10-16-14(17-11-12)18-9-5-8-15-13-6-3-2-4-7-13/h2-4,6-7,10-11,15H,5,8-9H2,1H3. The molecule has 4 heteroatoms. The molecule has 0 unspecified atom stereocenters. The summed E-state index contributed by atoms with van der Waals surface area (Å²) in [6, 6.07) is 10.3. The topological polar surface area (TPSA) is 37.8 Å². The fourth-order valence-corrected chi connectivity index (χ4v) is 2.21. The smallest absolute Gasteiger partial charge is 0.187 e. The maximum Gasteiger partial charge on any atom is 0.187 e. The van der Waals surface area contributed by atoms with Crippen molar-refractivity contribution in [3.8, 4) is 0 Å². The van der Waals surface area contributed by atoms with Crippen LogP contribution in [0.1, 0.15) is 12.0 Å². The zero-order valence-electron chi connectivity index (χ0n) is 10.5. The molecule has 94 valence electrons. The number of aromatic nitrogens is 2. The number of thioether (sulfide) groups is 1. The van der Waals surface area contributed by atoms with Gasteiger partial charge < -0.3 is 5.32 Å². The van der Waals surface area contributed by atoms with Gasteiger partial charge in [-0.25, -0.2) is 9.97 Å². The van der Waals surface area contributed by atoms with Crippen LogP contribution in [0.15, 0.2) is 47.9 Å². The van der Waals surface area contributed by atoms with Gasteiger partial charge in [0, 0.05) is 30.4 Å². The fourth-order valence-electron chi connectivity index (χ4n) is 1.48. The molecule has 0 aliphatic carbocycles. The Labute approximate surface area is 112 Å². The Kier molecular flexibility index (Phi) is 5.02. The molecule has 0 fully saturated rings. The average molecular weight is 259 g/mol. The van der Waals surface area contributed by atoms with Crippen LogP contribution in [0.4, 0.5) is 5.69 Å². The number of hydrogen-bond acceptors (Lipinski definition) is 4. The fraction of sp³-hybridized carbons (Fsp3) is 0.286. The first kappa shape index (κ1) is 12.9. The van der Waals surface area contributed by atoms with Gasteiger partial charge in [-0.05, 0) is 31.0 Å². The molecule has 0 atom stereocenters. The lowest BCUT2D eigenvalue weighted by atomic mass is 10.3. The van der Waals surface area contributed by atoms with Gasteiger partial charge in [0.1, 0.15) is 0 Å². The zero-order chi connectivity index (χ0) is 12.6. The summed E-state index contributed by atoms with van der Waals surface area (Å²) in [6.45, 7) is 2.97. The van der Waals surface area contributed by atoms with Gasteiger partial charge in [0.05, 0.1) is 0 Å². The molecule has 0 saturated heterocycles. The third-order valence-electron chi connectivity index (χ3n) is 2.41. The quantitative estimate of drug-likeness (QED) is 0.490. The van der Waals surface area contributed by atoms with Gasteiger partial charge in [-0.3, -0.25) is 0 Å². The van der Waals surface area contributed by atoms with Crippen molar-refractivity contribution in [3.63, 3.8) is 0 Å². The van der Waals surface area contributed by atoms with E-state index in [1.54, 1.807) is 11.8 Å². The predicted molar refractivity (Wildman–Crippen MR) is 77.0 cm³/mol. The van der Waals surface area contributed by atoms with E-state index in [0.29, 0.717) is 0 Å². The van der Waals surface area contributed by atoms with Crippen LogP contribution >= 0.6 is 11.8 Å². The first-order chi connectivity index (χ1) is 8.84. The summed E-state index contributed by atoms with van der Waals surface area (Å²) >= 11 is 1.70. The average Bonchev–Trinajstić information content (AvgIpc) is 2.42. The van der Waals surface area contributed by atoms with Crippen molar-refractivity contribution >= 4 is 17.4 Å². The number of anilines is 1. The second-order valence-electron chi connectivity index (χ2n) is 4.04. The van der Waals surface area contributed by atoms with Gasteiger partial charge in [0.2, 0.25) is 0 Å². The van der Waals surface area contributed by atoms with E-state index in [2.05, 4.69) is 27.4 Å². The van der Waals surface area contributed by atoms with Crippen LogP contribution in [0.25, 0.3) is 0 Å². The SMILES string of the molecule is Cc1cnc(SCCCNc2ccccc2)nc1. The molecule has 1 aromatic carbocycles. The second kappa shape index (κ2) is 7.01. The van der Waals surface area contributed by atoms with Crippen LogP contribution in [0, 0.1) is 6.92 Å². The molecule has 0 aliphatic rings. The van der Waals surface area contributed by atoms with Crippen molar-refractivity contribution in [2.24, 2.45) is 0 Å². The summed E-state index contributed by atoms with van der Waals surface area (Å²) in [6.07, 6.45) is 4.81. The first-order valence-corrected chi connectivity index (χ1v) is 7.03. The van der Waals surface area contributed by atoms with Gasteiger partial charge in [-0.15, -0.1) is 0 Å². The minimum absolute atomic E-state index is 0.861. The lowest BCUT2D eigenvalue weighted by Crippen LogP contribution is -2.02. The van der Waals surface area contributed by atoms with E-state index >= 15 is 0 Å². The van der Waals surface area contributed by atoms with Crippen molar-refractivity contribution in [2.75, 3.05) is 17.6 Å². The molecule has 1 N–H and O–H groups in total. The van der Waals surface area contributed by atoms with Crippen molar-refractivity contribution in [1.82, 2.24) is 9.97 Å². The Morgan fingerprint density at radius 1 is 1.11 bits per heavy atom. The molecule has 3 nitrogen and oxygen atoms in total. The largest absolute Gasteiger partial charge is 0.385 e. The molecule has 1 heterocycles. The van der Waals surface area contributed by atoms with Crippen LogP contribution in [0.2, 0.25) is 0 Å². The third-order valence-corrected chi connectivity index (χ3v) is 3.37. The zero-order valence-corrected chi connectivity index (χ0v) is 11.3. The highest BCUT2D eigenvalue weighted by Crippen LogP contribution is 2.13. The molecule has 2 rings (SSSR count). The molecular formula is C14H17N3S. The molecule has 0 radical (unpaired) electrons. The number of benzene rings is 1. The Morgan fingerprint density at radius 2 is 1.83 bits per heavy atom. The van der Waals surface area contributed by atoms with E-state index in [1.165, 1.54) is 5.69 Å². The number of para-hydroxylation sites is 1. The minimum Gasteiger partial charge on any atom is -0.385 e. The van der Waals surface area contributed by atoms with E-state index in [9.17, 15) is 0 Å². The number of nitrogens with one attached hydrogen (secondary N) is 1. The molecule has 2 aromatic rings. The second-order valence-corrected chi connectivity index (χ2v) is 5.10. The number of aryl methyl sites for hydroxylation is 1. The summed E-state index contributed by atoms with van der Waals surface area (Å²) in [5.74, 6) is 1.03. The van der Waals surface area contributed by atoms with E-state index < -0.39 is 0 Å². The maximum atomic E-state index is 4.27. The van der Waals surface area contributed by atoms with Crippen LogP contribution in [0.5, 0.6) is 0 Å². The number of rotatable bonds is 6. The Bertz CT molecular complexity index is 456. The van der Waals surface area contributed by atoms with Gasteiger partial charge in [0.25, 0.3) is 0 Å². The van der Waals surface area contributed by atoms with Gasteiger partial charge in [-0.1, -0.05) is 30.0 Å². The third kappa shape index (κ3) is 4.37. The van der Waals surface area contributed by atoms with E-state index in [0.717, 1.165) is 29.4 Å². The summed E-state index contributed by atoms with van der Waals surface area (Å²) < 4.78 is 0. The van der Waals surface area contributed by atoms with E-state index in [1.807, 2.05) is 37.5 Å². The van der Waals surface area contributed by atoms with Crippen molar-refractivity contribution in [1.29, 1.82) is 0 Å². The highest BCUT2D eigenvalue weighted by molar-refractivity contribution is 7.99. The molecule has 0 aliphatic heterocycles. The van der Waals surface area contributed by atoms with Crippen LogP contribution in [-0.2, 0) is 0 Å². The lowest BCUT2D eigenvalue weighted by molar-refractivity contribution is 0.937.